The van der Waals surface area contributed by atoms with Crippen LogP contribution < -0.4 is 141 Å². The number of Topliss-reactive ketones (excluding diaryl/α,β-unsaturated/α-hetero) is 4. The second-order valence-corrected chi connectivity index (χ2v) is 25.9. The van der Waals surface area contributed by atoms with Gasteiger partial charge in [0.2, 0.25) is 0 Å². The molecule has 8 aromatic carbocycles. The number of nitriles is 2. The Kier molecular flexibility index (Phi) is 76.1. The number of halogens is 10. The number of methoxy groups -OCH3 is 1. The van der Waals surface area contributed by atoms with E-state index in [0.29, 0.717) is 77.0 Å². The van der Waals surface area contributed by atoms with E-state index in [4.69, 9.17) is 205 Å². The molecule has 0 atom stereocenters. The Bertz CT molecular complexity index is 5630. The van der Waals surface area contributed by atoms with Gasteiger partial charge in [0.25, 0.3) is 6.47 Å². The van der Waals surface area contributed by atoms with Gasteiger partial charge in [0, 0.05) is 48.7 Å². The molecule has 0 saturated heterocycles. The van der Waals surface area contributed by atoms with E-state index < -0.39 is 17.9 Å². The van der Waals surface area contributed by atoms with Gasteiger partial charge in [-0.05, 0) is 134 Å². The summed E-state index contributed by atoms with van der Waals surface area (Å²) in [4.78, 5) is 107. The third-order valence-electron chi connectivity index (χ3n) is 14.1. The van der Waals surface area contributed by atoms with Gasteiger partial charge in [0.15, 0.2) is 47.2 Å². The van der Waals surface area contributed by atoms with E-state index in [1.54, 1.807) is 50.2 Å². The van der Waals surface area contributed by atoms with E-state index in [-0.39, 0.29) is 290 Å². The fourth-order valence-corrected chi connectivity index (χ4v) is 10.3. The Hall–Kier alpha value is -9.02. The van der Waals surface area contributed by atoms with Crippen molar-refractivity contribution in [2.24, 2.45) is 11.1 Å². The van der Waals surface area contributed by atoms with Crippen LogP contribution in [0.25, 0.3) is 32.9 Å². The first-order chi connectivity index (χ1) is 59.2. The molecule has 0 aliphatic rings. The predicted molar refractivity (Wildman–Crippen MR) is 501 cm³/mol. The standard InChI is InChI=1S/C11H10ClNO3.C11H10ClNO2.C10H8ClNO3.C10H8ClNO2.C8H6ClNO.C7H6ClNO3.C7H5ClO3.C7H6O3.C4H6O3.C3H5ClO.CH3I.CH2O3.CH4O.2CH4.ClH.2K.H3NO.H/c1-5(14)11-10(13)8-6(16-11)3-4-7(15-2)9(8)12;1-5-3-4-7-8(9(5)12)10(13)11(15-7)6(2)14;1-4(13)10-9(12)7-6(15-10)3-2-5(14)8(7)11;1-6-3-4-9(14-7(2)13)8(5-12)10(6)11;1-5-2-3-7(11)6(4-10)8(5)9;8-7-4(3-9-12)5(10)1-2-6(7)11;8-7-4(3-9)5(10)1-2-6(7)11;8-4-5-3-6(9)1-2-7(5)10;1-3(5)7-4(2)6;1-3(5)2-4;1-2;2-1-4-3;1-2;;;;;;1-2;/h3-4H,13H2,1-2H3;3-4H,13H2,1-2H3;2-3,14H,12H2,1H3;3-4H,1-2H3;2-3,11H,1H3;1-3,10-12H;1-3,10-11H;1-4,9-10H;1-2H3;2H2,1H3;1H3;1,3H;2H,1H3;2*1H4;1H;;;2H,1H2;/q;;;;;;;;;;;;;;;;2*+1;;-1/p-1/b;;;;;9-3+;;;;;;;;;;;;;;. The largest absolute Gasteiger partial charge is 1.00 e. The number of aliphatic hydroxyl groups excluding tert-OH is 1. The number of phenolic OH excluding ortho intramolecular Hbond substituents is 8. The average molecular weight is 2170 g/mol. The van der Waals surface area contributed by atoms with Crippen molar-refractivity contribution in [3.05, 3.63) is 200 Å². The van der Waals surface area contributed by atoms with Crippen molar-refractivity contribution < 1.29 is 246 Å². The van der Waals surface area contributed by atoms with Crippen LogP contribution in [0.4, 0.5) is 17.1 Å². The number of benzene rings is 8. The molecular formula is C83H91Cl9IK2N7O29. The van der Waals surface area contributed by atoms with Crippen LogP contribution in [0.3, 0.4) is 0 Å². The molecule has 704 valence electrons. The number of nitrogens with two attached hydrogens (primary N) is 4. The number of hydrogen-bond donors (Lipinski definition) is 15. The molecule has 0 aliphatic carbocycles. The molecule has 11 aromatic rings. The summed E-state index contributed by atoms with van der Waals surface area (Å²) in [6.07, 6.45) is 1.81. The average Bonchev–Trinajstić information content (AvgIpc) is 1.64. The number of anilines is 3. The number of oxime groups is 1. The molecule has 0 saturated carbocycles. The summed E-state index contributed by atoms with van der Waals surface area (Å²) < 4.78 is 29.8. The van der Waals surface area contributed by atoms with Crippen LogP contribution in [0.15, 0.2) is 122 Å². The molecule has 3 aromatic heterocycles. The number of rotatable bonds is 10. The summed E-state index contributed by atoms with van der Waals surface area (Å²) in [5.41, 5.74) is 22.4. The van der Waals surface area contributed by atoms with Gasteiger partial charge in [-0.15, -0.1) is 24.0 Å². The van der Waals surface area contributed by atoms with Crippen molar-refractivity contribution in [2.45, 2.75) is 84.1 Å². The van der Waals surface area contributed by atoms with Gasteiger partial charge in [-0.1, -0.05) is 142 Å². The Morgan fingerprint density at radius 1 is 0.489 bits per heavy atom. The van der Waals surface area contributed by atoms with Crippen molar-refractivity contribution >= 4 is 244 Å². The number of aliphatic hydroxyl groups is 1. The number of aromatic hydroxyl groups is 8. The minimum atomic E-state index is -0.562. The van der Waals surface area contributed by atoms with Crippen molar-refractivity contribution in [3.8, 4) is 69.6 Å². The van der Waals surface area contributed by atoms with Gasteiger partial charge < -0.3 is 113 Å². The summed E-state index contributed by atoms with van der Waals surface area (Å²) in [5.74, 6) is 1.35. The maximum atomic E-state index is 11.3. The molecule has 0 aliphatic heterocycles. The molecule has 36 nitrogen and oxygen atoms in total. The number of ether oxygens (including phenoxy) is 3. The summed E-state index contributed by atoms with van der Waals surface area (Å²) in [6, 6.07) is 28.6. The van der Waals surface area contributed by atoms with Gasteiger partial charge in [-0.25, -0.2) is 5.90 Å². The Balaban J connectivity index is -0.000000181. The molecule has 131 heavy (non-hydrogen) atoms. The van der Waals surface area contributed by atoms with Crippen LogP contribution in [-0.4, -0.2) is 148 Å². The topological polar surface area (TPSA) is 657 Å². The number of ketones is 4. The molecule has 0 spiro atoms. The number of phenols is 8. The molecule has 11 rings (SSSR count). The predicted octanol–water partition coefficient (Wildman–Crippen LogP) is 12.5. The normalized spacial score (nSPS) is 9.04. The van der Waals surface area contributed by atoms with E-state index in [2.05, 4.69) is 43.3 Å². The molecule has 0 fully saturated rings. The number of nitrogens with zero attached hydrogens (tertiary/aromatic N) is 3. The Morgan fingerprint density at radius 2 is 0.809 bits per heavy atom. The van der Waals surface area contributed by atoms with Crippen LogP contribution in [0, 0.1) is 43.4 Å². The van der Waals surface area contributed by atoms with E-state index >= 15 is 0 Å². The zero-order valence-electron chi connectivity index (χ0n) is 71.6. The molecule has 48 heteroatoms. The zero-order chi connectivity index (χ0) is 98.0. The van der Waals surface area contributed by atoms with Crippen LogP contribution in [-0.2, 0) is 33.6 Å². The van der Waals surface area contributed by atoms with Gasteiger partial charge >= 0.3 is 121 Å². The number of alkyl halides is 2. The van der Waals surface area contributed by atoms with E-state index in [1.165, 1.54) is 116 Å². The third-order valence-corrected chi connectivity index (χ3v) is 17.5. The second-order valence-electron chi connectivity index (χ2n) is 23.0. The quantitative estimate of drug-likeness (QED) is 0.00483. The first-order valence-corrected chi connectivity index (χ1v) is 39.1. The molecule has 0 unspecified atom stereocenters. The summed E-state index contributed by atoms with van der Waals surface area (Å²) in [6.45, 7) is 14.5. The van der Waals surface area contributed by atoms with Gasteiger partial charge in [0.05, 0.1) is 104 Å². The van der Waals surface area contributed by atoms with E-state index in [1.807, 2.05) is 30.1 Å². The zero-order valence-corrected chi connectivity index (χ0v) is 85.8. The number of fused-ring (bicyclic) bond motifs is 3. The van der Waals surface area contributed by atoms with Crippen LogP contribution in [0.2, 0.25) is 35.2 Å². The number of carbonyl (C=O) groups is 10. The molecule has 0 bridgehead atoms. The van der Waals surface area contributed by atoms with Crippen molar-refractivity contribution in [1.29, 1.82) is 10.5 Å². The molecule has 0 radical (unpaired) electrons. The monoisotopic (exact) mass is 2170 g/mol. The first kappa shape index (κ1) is 137. The molecule has 3 heterocycles. The van der Waals surface area contributed by atoms with E-state index in [9.17, 15) is 48.3 Å². The maximum absolute atomic E-state index is 11.3. The van der Waals surface area contributed by atoms with Crippen LogP contribution >= 0.6 is 128 Å². The van der Waals surface area contributed by atoms with Crippen LogP contribution in [0.5, 0.6) is 57.5 Å². The summed E-state index contributed by atoms with van der Waals surface area (Å²) in [5, 5.41) is 125. The summed E-state index contributed by atoms with van der Waals surface area (Å²) in [7, 11) is 2.51. The first-order valence-electron chi connectivity index (χ1n) is 33.8. The minimum absolute atomic E-state index is 0. The van der Waals surface area contributed by atoms with E-state index in [0.717, 1.165) is 30.0 Å². The Morgan fingerprint density at radius 3 is 1.15 bits per heavy atom. The van der Waals surface area contributed by atoms with Crippen molar-refractivity contribution in [2.75, 3.05) is 42.2 Å². The van der Waals surface area contributed by atoms with Gasteiger partial charge in [0.1, 0.15) is 103 Å². The summed E-state index contributed by atoms with van der Waals surface area (Å²) >= 11 is 47.8. The molecular weight excluding hydrogens is 2080 g/mol. The maximum Gasteiger partial charge on any atom is 1.00 e. The fraction of sp³-hybridized carbons (Fsp3) is 0.193. The van der Waals surface area contributed by atoms with Gasteiger partial charge in [-0.3, -0.25) is 47.9 Å². The molecule has 0 amide bonds. The molecule has 19 N–H and O–H groups in total. The van der Waals surface area contributed by atoms with Crippen molar-refractivity contribution in [3.63, 3.8) is 0 Å². The Labute approximate surface area is 897 Å². The van der Waals surface area contributed by atoms with Crippen molar-refractivity contribution in [1.82, 2.24) is 0 Å². The number of esters is 3. The SMILES string of the molecule is C.C.CC(=O)CCl.CC(=O)OC(C)=O.CC(=O)Oc1ccc(C)c(Cl)c1C#N.CC(=O)c1oc2ccc(C)c(Cl)c2c1N.CC(=O)c1oc2ccc(O)c(Cl)c2c1N.CI.CO.COc1ccc2oc(C(C)=O)c(N)c2c1Cl.Cc1ccc(O)c(C#N)c1Cl.Cl.NO.O/N=C/c1c(O)ccc(O)c1Cl.O=CO[O-].O=Cc1c(O)ccc(O)c1Cl.O=Cc1cc(O)ccc1O.[H-].[K+].[K+]. The number of carbonyl (C=O) groups excluding carboxylic acids is 10. The van der Waals surface area contributed by atoms with Gasteiger partial charge in [-0.2, -0.15) is 10.5 Å². The number of aldehydes is 2. The number of hydrogen-bond acceptors (Lipinski definition) is 36. The number of nitrogen functional groups attached to an aromatic ring is 3. The minimum Gasteiger partial charge on any atom is -1.00 e. The fourth-order valence-electron chi connectivity index (χ4n) is 8.59. The number of furan rings is 3. The number of aryl methyl sites for hydroxylation is 3. The second kappa shape index (κ2) is 72.5. The smallest absolute Gasteiger partial charge is 1.00 e. The third kappa shape index (κ3) is 45.1. The van der Waals surface area contributed by atoms with Crippen LogP contribution in [0.1, 0.15) is 151 Å².